The van der Waals surface area contributed by atoms with Crippen LogP contribution in [0.5, 0.6) is 0 Å². The zero-order valence-electron chi connectivity index (χ0n) is 10.3. The molecular weight excluding hydrogens is 242 g/mol. The standard InChI is InChI=1S/C14H15NSSi/c1-17(2,3)14-15-13-11-7-5-4-6-10(11)8-9-12(13)16-14/h4-9H,1-3H3. The second-order valence-corrected chi connectivity index (χ2v) is 11.8. The number of fused-ring (bicyclic) bond motifs is 3. The van der Waals surface area contributed by atoms with E-state index >= 15 is 0 Å². The molecule has 3 rings (SSSR count). The van der Waals surface area contributed by atoms with Crippen molar-refractivity contribution in [3.63, 3.8) is 0 Å². The van der Waals surface area contributed by atoms with Gasteiger partial charge in [-0.25, -0.2) is 4.98 Å². The molecule has 0 spiro atoms. The van der Waals surface area contributed by atoms with Crippen LogP contribution in [0.1, 0.15) is 0 Å². The Morgan fingerprint density at radius 2 is 1.76 bits per heavy atom. The lowest BCUT2D eigenvalue weighted by molar-refractivity contribution is 1.53. The number of hydrogen-bond donors (Lipinski definition) is 0. The Morgan fingerprint density at radius 3 is 2.53 bits per heavy atom. The van der Waals surface area contributed by atoms with Crippen molar-refractivity contribution in [2.75, 3.05) is 0 Å². The van der Waals surface area contributed by atoms with Crippen molar-refractivity contribution >= 4 is 45.0 Å². The third-order valence-corrected chi connectivity index (χ3v) is 7.30. The summed E-state index contributed by atoms with van der Waals surface area (Å²) in [5.74, 6) is 0. The number of nitrogens with zero attached hydrogens (tertiary/aromatic N) is 1. The number of benzene rings is 2. The van der Waals surface area contributed by atoms with E-state index in [1.165, 1.54) is 25.6 Å². The van der Waals surface area contributed by atoms with E-state index in [1.807, 2.05) is 11.3 Å². The molecule has 2 aromatic carbocycles. The molecule has 1 heterocycles. The molecule has 0 unspecified atom stereocenters. The molecule has 86 valence electrons. The van der Waals surface area contributed by atoms with Crippen LogP contribution in [0.4, 0.5) is 0 Å². The van der Waals surface area contributed by atoms with Crippen LogP contribution in [0.25, 0.3) is 21.0 Å². The fourth-order valence-electron chi connectivity index (χ4n) is 1.98. The van der Waals surface area contributed by atoms with Crippen molar-refractivity contribution in [1.29, 1.82) is 0 Å². The van der Waals surface area contributed by atoms with Crippen LogP contribution < -0.4 is 4.63 Å². The first-order valence-electron chi connectivity index (χ1n) is 5.84. The molecule has 3 heteroatoms. The van der Waals surface area contributed by atoms with Crippen LogP contribution in [-0.2, 0) is 0 Å². The highest BCUT2D eigenvalue weighted by atomic mass is 32.1. The van der Waals surface area contributed by atoms with Gasteiger partial charge in [0.15, 0.2) is 0 Å². The summed E-state index contributed by atoms with van der Waals surface area (Å²) in [7, 11) is -1.30. The molecule has 0 aliphatic rings. The van der Waals surface area contributed by atoms with E-state index in [2.05, 4.69) is 56.0 Å². The van der Waals surface area contributed by atoms with E-state index in [-0.39, 0.29) is 0 Å². The molecule has 17 heavy (non-hydrogen) atoms. The monoisotopic (exact) mass is 257 g/mol. The molecule has 0 radical (unpaired) electrons. The average Bonchev–Trinajstić information content (AvgIpc) is 2.72. The summed E-state index contributed by atoms with van der Waals surface area (Å²) in [6, 6.07) is 12.9. The number of rotatable bonds is 1. The van der Waals surface area contributed by atoms with Gasteiger partial charge in [-0.05, 0) is 11.5 Å². The van der Waals surface area contributed by atoms with Gasteiger partial charge in [0.05, 0.1) is 14.8 Å². The zero-order chi connectivity index (χ0) is 12.0. The highest BCUT2D eigenvalue weighted by Crippen LogP contribution is 2.27. The van der Waals surface area contributed by atoms with E-state index in [0.29, 0.717) is 0 Å². The topological polar surface area (TPSA) is 12.9 Å². The lowest BCUT2D eigenvalue weighted by atomic mass is 10.1. The first-order chi connectivity index (χ1) is 8.05. The van der Waals surface area contributed by atoms with Gasteiger partial charge in [-0.3, -0.25) is 0 Å². The second-order valence-electron chi connectivity index (χ2n) is 5.40. The molecule has 0 saturated carbocycles. The molecule has 0 saturated heterocycles. The third kappa shape index (κ3) is 1.79. The Hall–Kier alpha value is -1.19. The van der Waals surface area contributed by atoms with Crippen molar-refractivity contribution in [1.82, 2.24) is 4.98 Å². The minimum atomic E-state index is -1.30. The largest absolute Gasteiger partial charge is 0.246 e. The number of aromatic nitrogens is 1. The maximum atomic E-state index is 4.89. The van der Waals surface area contributed by atoms with Gasteiger partial charge in [0.1, 0.15) is 8.07 Å². The van der Waals surface area contributed by atoms with E-state index < -0.39 is 8.07 Å². The predicted octanol–water partition coefficient (Wildman–Crippen LogP) is 3.99. The SMILES string of the molecule is C[Si](C)(C)c1nc2c(ccc3ccccc32)s1. The van der Waals surface area contributed by atoms with Crippen LogP contribution in [-0.4, -0.2) is 13.1 Å². The predicted molar refractivity (Wildman–Crippen MR) is 80.1 cm³/mol. The van der Waals surface area contributed by atoms with Gasteiger partial charge >= 0.3 is 0 Å². The smallest absolute Gasteiger partial charge is 0.114 e. The Kier molecular flexibility index (Phi) is 2.35. The number of hydrogen-bond acceptors (Lipinski definition) is 2. The van der Waals surface area contributed by atoms with Gasteiger partial charge in [-0.1, -0.05) is 50.0 Å². The van der Waals surface area contributed by atoms with Gasteiger partial charge in [0.2, 0.25) is 0 Å². The van der Waals surface area contributed by atoms with E-state index in [9.17, 15) is 0 Å². The van der Waals surface area contributed by atoms with E-state index in [0.717, 1.165) is 0 Å². The molecule has 0 amide bonds. The van der Waals surface area contributed by atoms with Crippen LogP contribution in [0.15, 0.2) is 36.4 Å². The third-order valence-electron chi connectivity index (χ3n) is 2.93. The van der Waals surface area contributed by atoms with Crippen molar-refractivity contribution < 1.29 is 0 Å². The molecule has 1 nitrogen and oxygen atoms in total. The maximum Gasteiger partial charge on any atom is 0.114 e. The second kappa shape index (κ2) is 3.65. The van der Waals surface area contributed by atoms with Gasteiger partial charge in [-0.15, -0.1) is 11.3 Å². The molecular formula is C14H15NSSi. The van der Waals surface area contributed by atoms with Crippen molar-refractivity contribution in [3.05, 3.63) is 36.4 Å². The Labute approximate surface area is 106 Å². The van der Waals surface area contributed by atoms with Crippen molar-refractivity contribution in [2.45, 2.75) is 19.6 Å². The fraction of sp³-hybridized carbons (Fsp3) is 0.214. The van der Waals surface area contributed by atoms with E-state index in [1.54, 1.807) is 0 Å². The minimum Gasteiger partial charge on any atom is -0.246 e. The fourth-order valence-corrected chi connectivity index (χ4v) is 4.72. The molecule has 0 fully saturated rings. The summed E-state index contributed by atoms with van der Waals surface area (Å²) in [5, 5.41) is 2.57. The highest BCUT2D eigenvalue weighted by Gasteiger charge is 2.21. The normalized spacial score (nSPS) is 12.4. The quantitative estimate of drug-likeness (QED) is 0.601. The summed E-state index contributed by atoms with van der Waals surface area (Å²) in [6.07, 6.45) is 0. The molecule has 0 atom stereocenters. The summed E-state index contributed by atoms with van der Waals surface area (Å²) >= 11 is 1.87. The summed E-state index contributed by atoms with van der Waals surface area (Å²) in [6.45, 7) is 7.06. The van der Waals surface area contributed by atoms with Crippen LogP contribution >= 0.6 is 11.3 Å². The zero-order valence-corrected chi connectivity index (χ0v) is 12.1. The summed E-state index contributed by atoms with van der Waals surface area (Å²) < 4.78 is 2.67. The Balaban J connectivity index is 2.39. The van der Waals surface area contributed by atoms with Gasteiger partial charge in [0, 0.05) is 5.39 Å². The van der Waals surface area contributed by atoms with Gasteiger partial charge in [0.25, 0.3) is 0 Å². The summed E-state index contributed by atoms with van der Waals surface area (Å²) in [4.78, 5) is 4.89. The molecule has 0 aliphatic carbocycles. The lowest BCUT2D eigenvalue weighted by Gasteiger charge is -2.10. The molecule has 0 N–H and O–H groups in total. The summed E-state index contributed by atoms with van der Waals surface area (Å²) in [5.41, 5.74) is 1.19. The van der Waals surface area contributed by atoms with E-state index in [4.69, 9.17) is 4.98 Å². The first kappa shape index (κ1) is 10.9. The molecule has 0 aliphatic heterocycles. The maximum absolute atomic E-state index is 4.89. The lowest BCUT2D eigenvalue weighted by Crippen LogP contribution is -2.36. The van der Waals surface area contributed by atoms with Crippen LogP contribution in [0.3, 0.4) is 0 Å². The van der Waals surface area contributed by atoms with Crippen LogP contribution in [0.2, 0.25) is 19.6 Å². The van der Waals surface area contributed by atoms with Crippen LogP contribution in [0, 0.1) is 0 Å². The van der Waals surface area contributed by atoms with Crippen molar-refractivity contribution in [2.24, 2.45) is 0 Å². The minimum absolute atomic E-state index is 1.19. The average molecular weight is 257 g/mol. The molecule has 3 aromatic rings. The van der Waals surface area contributed by atoms with Crippen molar-refractivity contribution in [3.8, 4) is 0 Å². The van der Waals surface area contributed by atoms with Gasteiger partial charge in [-0.2, -0.15) is 0 Å². The van der Waals surface area contributed by atoms with Gasteiger partial charge < -0.3 is 0 Å². The highest BCUT2D eigenvalue weighted by molar-refractivity contribution is 7.30. The molecule has 0 bridgehead atoms. The number of thiazole rings is 1. The molecule has 1 aromatic heterocycles. The first-order valence-corrected chi connectivity index (χ1v) is 10.2. The Bertz CT molecular complexity index is 694. The Morgan fingerprint density at radius 1 is 1.00 bits per heavy atom.